The number of hydrogen-bond donors (Lipinski definition) is 2. The average Bonchev–Trinajstić information content (AvgIpc) is 3.06. The molecule has 112 valence electrons. The van der Waals surface area contributed by atoms with Crippen molar-refractivity contribution in [2.75, 3.05) is 5.32 Å². The molecule has 0 atom stereocenters. The highest BCUT2D eigenvalue weighted by Crippen LogP contribution is 2.27. The minimum atomic E-state index is -0.671. The van der Waals surface area contributed by atoms with E-state index in [9.17, 15) is 4.79 Å². The summed E-state index contributed by atoms with van der Waals surface area (Å²) in [5.74, 6) is 1.06. The fourth-order valence-electron chi connectivity index (χ4n) is 2.05. The highest BCUT2D eigenvalue weighted by molar-refractivity contribution is 5.89. The molecule has 0 aliphatic heterocycles. The van der Waals surface area contributed by atoms with Gasteiger partial charge in [0.2, 0.25) is 0 Å². The van der Waals surface area contributed by atoms with Gasteiger partial charge >= 0.3 is 6.03 Å². The summed E-state index contributed by atoms with van der Waals surface area (Å²) in [6.07, 6.45) is 0. The molecular weight excluding hydrogens is 288 g/mol. The van der Waals surface area contributed by atoms with Gasteiger partial charge in [0.1, 0.15) is 0 Å². The van der Waals surface area contributed by atoms with Crippen LogP contribution in [0.1, 0.15) is 0 Å². The number of benzene rings is 1. The predicted octanol–water partition coefficient (Wildman–Crippen LogP) is -0.442. The van der Waals surface area contributed by atoms with Crippen LogP contribution in [0.25, 0.3) is 22.8 Å². The highest BCUT2D eigenvalue weighted by atomic mass is 16.2. The lowest BCUT2D eigenvalue weighted by atomic mass is 10.1. The number of hydrogen-bond acceptors (Lipinski definition) is 7. The fourth-order valence-corrected chi connectivity index (χ4v) is 2.05. The molecule has 3 rings (SSSR count). The summed E-state index contributed by atoms with van der Waals surface area (Å²) < 4.78 is 3.03. The fraction of sp³-hybridized carbons (Fsp3) is 0.182. The van der Waals surface area contributed by atoms with Crippen molar-refractivity contribution in [1.29, 1.82) is 0 Å². The standard InChI is InChI=1S/C11H12N10O/c1-20-9(14-16-18-20)6-3-7(10-15-17-19-21(10)2)5-8(4-6)13-11(12)22/h3-5H,1-2H3,(H3,12,13,22). The van der Waals surface area contributed by atoms with Crippen molar-refractivity contribution >= 4 is 11.7 Å². The van der Waals surface area contributed by atoms with Crippen molar-refractivity contribution in [2.45, 2.75) is 0 Å². The third-order valence-electron chi connectivity index (χ3n) is 2.96. The summed E-state index contributed by atoms with van der Waals surface area (Å²) in [5.41, 5.74) is 7.06. The quantitative estimate of drug-likeness (QED) is 0.667. The van der Waals surface area contributed by atoms with Gasteiger partial charge < -0.3 is 11.1 Å². The number of amides is 2. The van der Waals surface area contributed by atoms with E-state index < -0.39 is 6.03 Å². The van der Waals surface area contributed by atoms with Gasteiger partial charge in [-0.3, -0.25) is 0 Å². The molecule has 22 heavy (non-hydrogen) atoms. The molecule has 0 fully saturated rings. The van der Waals surface area contributed by atoms with E-state index in [1.807, 2.05) is 6.07 Å². The van der Waals surface area contributed by atoms with Gasteiger partial charge in [-0.05, 0) is 39.1 Å². The lowest BCUT2D eigenvalue weighted by Crippen LogP contribution is -2.19. The molecule has 3 N–H and O–H groups in total. The summed E-state index contributed by atoms with van der Waals surface area (Å²) in [6.45, 7) is 0. The molecule has 0 saturated carbocycles. The number of carbonyl (C=O) groups excluding carboxylic acids is 1. The van der Waals surface area contributed by atoms with Crippen LogP contribution in [0.3, 0.4) is 0 Å². The molecule has 0 bridgehead atoms. The van der Waals surface area contributed by atoms with Crippen LogP contribution in [0.4, 0.5) is 10.5 Å². The minimum absolute atomic E-state index is 0.492. The second kappa shape index (κ2) is 5.20. The van der Waals surface area contributed by atoms with Gasteiger partial charge in [0.05, 0.1) is 0 Å². The average molecular weight is 300 g/mol. The van der Waals surface area contributed by atoms with E-state index >= 15 is 0 Å². The largest absolute Gasteiger partial charge is 0.351 e. The normalized spacial score (nSPS) is 10.6. The Hall–Kier alpha value is -3.37. The first kappa shape index (κ1) is 13.6. The zero-order chi connectivity index (χ0) is 15.7. The van der Waals surface area contributed by atoms with Crippen molar-refractivity contribution < 1.29 is 4.79 Å². The SMILES string of the molecule is Cn1nnnc1-c1cc(NC(N)=O)cc(-c2nnnn2C)c1. The molecular formula is C11H12N10O. The van der Waals surface area contributed by atoms with Gasteiger partial charge in [-0.2, -0.15) is 0 Å². The number of urea groups is 1. The van der Waals surface area contributed by atoms with Crippen molar-refractivity contribution in [2.24, 2.45) is 19.8 Å². The second-order valence-corrected chi connectivity index (χ2v) is 4.54. The van der Waals surface area contributed by atoms with Crippen molar-refractivity contribution in [3.8, 4) is 22.8 Å². The number of tetrazole rings is 2. The van der Waals surface area contributed by atoms with E-state index in [1.54, 1.807) is 26.2 Å². The first-order valence-corrected chi connectivity index (χ1v) is 6.21. The Morgan fingerprint density at radius 3 is 1.86 bits per heavy atom. The zero-order valence-electron chi connectivity index (χ0n) is 11.8. The highest BCUT2D eigenvalue weighted by Gasteiger charge is 2.13. The number of rotatable bonds is 3. The number of aromatic nitrogens is 8. The Morgan fingerprint density at radius 1 is 1.00 bits per heavy atom. The molecule has 11 nitrogen and oxygen atoms in total. The molecule has 0 aliphatic carbocycles. The van der Waals surface area contributed by atoms with Crippen LogP contribution < -0.4 is 11.1 Å². The van der Waals surface area contributed by atoms with Gasteiger partial charge in [-0.15, -0.1) is 10.2 Å². The van der Waals surface area contributed by atoms with Crippen molar-refractivity contribution in [1.82, 2.24) is 40.4 Å². The molecule has 1 aromatic carbocycles. The first-order valence-electron chi connectivity index (χ1n) is 6.21. The molecule has 0 radical (unpaired) electrons. The lowest BCUT2D eigenvalue weighted by Gasteiger charge is -2.08. The third kappa shape index (κ3) is 2.46. The summed E-state index contributed by atoms with van der Waals surface area (Å²) in [4.78, 5) is 11.1. The lowest BCUT2D eigenvalue weighted by molar-refractivity contribution is 0.259. The summed E-state index contributed by atoms with van der Waals surface area (Å²) in [6, 6.07) is 4.58. The van der Waals surface area contributed by atoms with Gasteiger partial charge in [0, 0.05) is 30.9 Å². The van der Waals surface area contributed by atoms with Crippen LogP contribution in [-0.4, -0.2) is 46.4 Å². The molecule has 2 aromatic heterocycles. The molecule has 0 spiro atoms. The summed E-state index contributed by atoms with van der Waals surface area (Å²) in [5, 5.41) is 25.2. The first-order chi connectivity index (χ1) is 10.5. The van der Waals surface area contributed by atoms with Crippen LogP contribution >= 0.6 is 0 Å². The molecule has 0 unspecified atom stereocenters. The number of aryl methyl sites for hydroxylation is 2. The van der Waals surface area contributed by atoms with E-state index in [-0.39, 0.29) is 0 Å². The molecule has 0 saturated heterocycles. The van der Waals surface area contributed by atoms with Gasteiger partial charge in [0.25, 0.3) is 0 Å². The molecule has 3 aromatic rings. The van der Waals surface area contributed by atoms with E-state index in [4.69, 9.17) is 5.73 Å². The number of nitrogens with two attached hydrogens (primary N) is 1. The van der Waals surface area contributed by atoms with Crippen LogP contribution in [0, 0.1) is 0 Å². The molecule has 2 heterocycles. The third-order valence-corrected chi connectivity index (χ3v) is 2.96. The monoisotopic (exact) mass is 300 g/mol. The van der Waals surface area contributed by atoms with Gasteiger partial charge in [0.15, 0.2) is 11.6 Å². The van der Waals surface area contributed by atoms with Crippen LogP contribution in [0.5, 0.6) is 0 Å². The smallest absolute Gasteiger partial charge is 0.316 e. The molecule has 0 aliphatic rings. The maximum atomic E-state index is 11.1. The predicted molar refractivity (Wildman–Crippen MR) is 75.2 cm³/mol. The van der Waals surface area contributed by atoms with E-state index in [1.165, 1.54) is 9.36 Å². The number of nitrogens with zero attached hydrogens (tertiary/aromatic N) is 8. The zero-order valence-corrected chi connectivity index (χ0v) is 11.8. The number of nitrogens with one attached hydrogen (secondary N) is 1. The second-order valence-electron chi connectivity index (χ2n) is 4.54. The van der Waals surface area contributed by atoms with Crippen LogP contribution in [0.2, 0.25) is 0 Å². The van der Waals surface area contributed by atoms with E-state index in [0.717, 1.165) is 0 Å². The maximum Gasteiger partial charge on any atom is 0.316 e. The number of carbonyl (C=O) groups is 1. The molecule has 11 heteroatoms. The van der Waals surface area contributed by atoms with Gasteiger partial charge in [-0.1, -0.05) is 0 Å². The Kier molecular flexibility index (Phi) is 3.21. The van der Waals surface area contributed by atoms with Crippen molar-refractivity contribution in [3.63, 3.8) is 0 Å². The summed E-state index contributed by atoms with van der Waals surface area (Å²) >= 11 is 0. The maximum absolute atomic E-state index is 11.1. The minimum Gasteiger partial charge on any atom is -0.351 e. The Morgan fingerprint density at radius 2 is 1.50 bits per heavy atom. The Labute approximate surface area is 124 Å². The number of primary amides is 1. The Balaban J connectivity index is 2.16. The molecule has 2 amide bonds. The van der Waals surface area contributed by atoms with Crippen LogP contribution in [-0.2, 0) is 14.1 Å². The Bertz CT molecular complexity index is 777. The van der Waals surface area contributed by atoms with Crippen molar-refractivity contribution in [3.05, 3.63) is 18.2 Å². The van der Waals surface area contributed by atoms with Gasteiger partial charge in [-0.25, -0.2) is 14.2 Å². The summed E-state index contributed by atoms with van der Waals surface area (Å²) in [7, 11) is 3.43. The number of anilines is 1. The van der Waals surface area contributed by atoms with E-state index in [2.05, 4.69) is 36.4 Å². The van der Waals surface area contributed by atoms with E-state index in [0.29, 0.717) is 28.5 Å². The topological polar surface area (TPSA) is 142 Å². The van der Waals surface area contributed by atoms with Crippen LogP contribution in [0.15, 0.2) is 18.2 Å².